The molecule has 0 radical (unpaired) electrons. The summed E-state index contributed by atoms with van der Waals surface area (Å²) in [5.74, 6) is 0.851. The molecule has 0 heterocycles. The number of alkyl halides is 1. The van der Waals surface area contributed by atoms with Gasteiger partial charge in [-0.25, -0.2) is 0 Å². The van der Waals surface area contributed by atoms with Crippen LogP contribution in [0.5, 0.6) is 5.75 Å². The standard InChI is InChI=1S/C21H24Br2O/c1-12-17(22)10-13-6-2-4-8-15(13)19(12)20-16-9-5-3-7-14(16)11-18(23)21(20)24/h10-12,17,24H,2-9H2,1H3/t12-,17-/m0/s1. The molecular formula is C21H24Br2O. The van der Waals surface area contributed by atoms with E-state index < -0.39 is 0 Å². The molecule has 1 nitrogen and oxygen atoms in total. The second-order valence-electron chi connectivity index (χ2n) is 7.45. The summed E-state index contributed by atoms with van der Waals surface area (Å²) in [4.78, 5) is 0.363. The van der Waals surface area contributed by atoms with Gasteiger partial charge in [0.1, 0.15) is 5.75 Å². The fraction of sp³-hybridized carbons (Fsp3) is 0.524. The van der Waals surface area contributed by atoms with Crippen molar-refractivity contribution in [2.75, 3.05) is 0 Å². The van der Waals surface area contributed by atoms with E-state index in [1.165, 1.54) is 60.0 Å². The van der Waals surface area contributed by atoms with Crippen molar-refractivity contribution in [3.63, 3.8) is 0 Å². The Labute approximate surface area is 161 Å². The summed E-state index contributed by atoms with van der Waals surface area (Å²) < 4.78 is 0.858. The van der Waals surface area contributed by atoms with Crippen LogP contribution < -0.4 is 0 Å². The number of halogens is 2. The predicted molar refractivity (Wildman–Crippen MR) is 108 cm³/mol. The first-order valence-corrected chi connectivity index (χ1v) is 10.9. The van der Waals surface area contributed by atoms with Crippen LogP contribution in [0.1, 0.15) is 62.1 Å². The Balaban J connectivity index is 1.98. The van der Waals surface area contributed by atoms with Gasteiger partial charge in [-0.2, -0.15) is 0 Å². The first kappa shape index (κ1) is 16.9. The zero-order valence-corrected chi connectivity index (χ0v) is 17.3. The van der Waals surface area contributed by atoms with E-state index in [0.29, 0.717) is 16.5 Å². The van der Waals surface area contributed by atoms with E-state index in [1.54, 1.807) is 0 Å². The van der Waals surface area contributed by atoms with Crippen molar-refractivity contribution >= 4 is 37.4 Å². The van der Waals surface area contributed by atoms with Crippen LogP contribution in [0.4, 0.5) is 0 Å². The van der Waals surface area contributed by atoms with Crippen LogP contribution in [0.3, 0.4) is 0 Å². The summed E-state index contributed by atoms with van der Waals surface area (Å²) in [6.07, 6.45) is 12.1. The quantitative estimate of drug-likeness (QED) is 0.471. The number of phenols is 1. The van der Waals surface area contributed by atoms with Gasteiger partial charge in [-0.05, 0) is 107 Å². The average Bonchev–Trinajstić information content (AvgIpc) is 2.58. The van der Waals surface area contributed by atoms with Gasteiger partial charge in [-0.15, -0.1) is 0 Å². The highest BCUT2D eigenvalue weighted by Crippen LogP contribution is 2.50. The third-order valence-electron chi connectivity index (χ3n) is 5.97. The summed E-state index contributed by atoms with van der Waals surface area (Å²) in [6.45, 7) is 2.30. The van der Waals surface area contributed by atoms with Crippen LogP contribution >= 0.6 is 31.9 Å². The Morgan fingerprint density at radius 1 is 1.04 bits per heavy atom. The average molecular weight is 452 g/mol. The first-order chi connectivity index (χ1) is 11.6. The highest BCUT2D eigenvalue weighted by Gasteiger charge is 2.33. The highest BCUT2D eigenvalue weighted by atomic mass is 79.9. The number of rotatable bonds is 1. The van der Waals surface area contributed by atoms with Crippen molar-refractivity contribution in [1.82, 2.24) is 0 Å². The molecule has 1 aromatic carbocycles. The molecule has 1 aromatic rings. The van der Waals surface area contributed by atoms with Crippen molar-refractivity contribution in [2.24, 2.45) is 5.92 Å². The summed E-state index contributed by atoms with van der Waals surface area (Å²) in [6, 6.07) is 2.15. The third kappa shape index (κ3) is 2.72. The zero-order chi connectivity index (χ0) is 16.8. The minimum Gasteiger partial charge on any atom is -0.506 e. The van der Waals surface area contributed by atoms with E-state index in [2.05, 4.69) is 50.9 Å². The fourth-order valence-electron chi connectivity index (χ4n) is 4.72. The molecule has 3 aliphatic carbocycles. The number of aromatic hydroxyl groups is 1. The number of benzene rings is 1. The molecule has 128 valence electrons. The fourth-order valence-corrected chi connectivity index (χ4v) is 5.77. The molecular weight excluding hydrogens is 428 g/mol. The number of hydrogen-bond donors (Lipinski definition) is 1. The van der Waals surface area contributed by atoms with E-state index >= 15 is 0 Å². The van der Waals surface area contributed by atoms with Crippen molar-refractivity contribution < 1.29 is 5.11 Å². The van der Waals surface area contributed by atoms with E-state index in [-0.39, 0.29) is 0 Å². The monoisotopic (exact) mass is 450 g/mol. The van der Waals surface area contributed by atoms with Gasteiger partial charge in [0.25, 0.3) is 0 Å². The van der Waals surface area contributed by atoms with Crippen LogP contribution in [0, 0.1) is 5.92 Å². The number of aryl methyl sites for hydroxylation is 1. The maximum atomic E-state index is 11.0. The molecule has 0 aromatic heterocycles. The number of allylic oxidation sites excluding steroid dienone is 4. The number of fused-ring (bicyclic) bond motifs is 2. The lowest BCUT2D eigenvalue weighted by molar-refractivity contribution is 0.466. The molecule has 0 bridgehead atoms. The largest absolute Gasteiger partial charge is 0.506 e. The smallest absolute Gasteiger partial charge is 0.137 e. The van der Waals surface area contributed by atoms with Gasteiger partial charge in [0.2, 0.25) is 0 Å². The summed E-state index contributed by atoms with van der Waals surface area (Å²) >= 11 is 7.50. The molecule has 3 aliphatic rings. The lowest BCUT2D eigenvalue weighted by Gasteiger charge is -2.35. The highest BCUT2D eigenvalue weighted by molar-refractivity contribution is 9.10. The van der Waals surface area contributed by atoms with Crippen LogP contribution in [0.25, 0.3) is 5.57 Å². The van der Waals surface area contributed by atoms with Gasteiger partial charge in [0.15, 0.2) is 0 Å². The summed E-state index contributed by atoms with van der Waals surface area (Å²) in [5.41, 5.74) is 8.43. The van der Waals surface area contributed by atoms with Crippen molar-refractivity contribution in [3.8, 4) is 5.75 Å². The van der Waals surface area contributed by atoms with Crippen molar-refractivity contribution in [3.05, 3.63) is 44.5 Å². The van der Waals surface area contributed by atoms with E-state index in [9.17, 15) is 5.11 Å². The Kier molecular flexibility index (Phi) is 4.68. The van der Waals surface area contributed by atoms with Gasteiger partial charge >= 0.3 is 0 Å². The molecule has 0 saturated heterocycles. The normalized spacial score (nSPS) is 26.7. The SMILES string of the molecule is C[C@@H]1C(c2c(O)c(Br)cc3c2CCCC3)=C2CCCCC2=C[C@@H]1Br. The molecule has 0 spiro atoms. The van der Waals surface area contributed by atoms with Crippen molar-refractivity contribution in [2.45, 2.75) is 63.1 Å². The molecule has 0 unspecified atom stereocenters. The molecule has 4 rings (SSSR count). The first-order valence-electron chi connectivity index (χ1n) is 9.19. The van der Waals surface area contributed by atoms with Crippen LogP contribution in [-0.4, -0.2) is 9.93 Å². The minimum atomic E-state index is 0.363. The van der Waals surface area contributed by atoms with Gasteiger partial charge in [0, 0.05) is 10.4 Å². The molecule has 1 saturated carbocycles. The maximum absolute atomic E-state index is 11.0. The lowest BCUT2D eigenvalue weighted by Crippen LogP contribution is -2.22. The van der Waals surface area contributed by atoms with Crippen molar-refractivity contribution in [1.29, 1.82) is 0 Å². The Morgan fingerprint density at radius 2 is 1.75 bits per heavy atom. The Morgan fingerprint density at radius 3 is 2.58 bits per heavy atom. The number of hydrogen-bond acceptors (Lipinski definition) is 1. The van der Waals surface area contributed by atoms with Gasteiger partial charge < -0.3 is 5.11 Å². The predicted octanol–water partition coefficient (Wildman–Crippen LogP) is 6.70. The van der Waals surface area contributed by atoms with Gasteiger partial charge in [-0.1, -0.05) is 28.9 Å². The topological polar surface area (TPSA) is 20.2 Å². The molecule has 1 fully saturated rings. The molecule has 2 atom stereocenters. The third-order valence-corrected chi connectivity index (χ3v) is 7.64. The van der Waals surface area contributed by atoms with E-state index in [0.717, 1.165) is 29.3 Å². The molecule has 0 amide bonds. The van der Waals surface area contributed by atoms with E-state index in [4.69, 9.17) is 0 Å². The molecule has 1 N–H and O–H groups in total. The van der Waals surface area contributed by atoms with E-state index in [1.807, 2.05) is 0 Å². The number of phenolic OH excluding ortho intramolecular Hbond substituents is 1. The molecule has 0 aliphatic heterocycles. The van der Waals surface area contributed by atoms with Crippen LogP contribution in [0.2, 0.25) is 0 Å². The van der Waals surface area contributed by atoms with Crippen LogP contribution in [0.15, 0.2) is 27.8 Å². The lowest BCUT2D eigenvalue weighted by atomic mass is 9.72. The maximum Gasteiger partial charge on any atom is 0.137 e. The Hall–Kier alpha value is -0.540. The second kappa shape index (κ2) is 6.64. The minimum absolute atomic E-state index is 0.363. The Bertz CT molecular complexity index is 745. The van der Waals surface area contributed by atoms with Gasteiger partial charge in [-0.3, -0.25) is 0 Å². The van der Waals surface area contributed by atoms with Gasteiger partial charge in [0.05, 0.1) is 4.47 Å². The summed E-state index contributed by atoms with van der Waals surface area (Å²) in [5, 5.41) is 11.0. The molecule has 3 heteroatoms. The zero-order valence-electron chi connectivity index (χ0n) is 14.2. The summed E-state index contributed by atoms with van der Waals surface area (Å²) in [7, 11) is 0. The second-order valence-corrected chi connectivity index (χ2v) is 9.36. The van der Waals surface area contributed by atoms with Crippen LogP contribution in [-0.2, 0) is 12.8 Å². The molecule has 24 heavy (non-hydrogen) atoms.